The number of fused-ring (bicyclic) bond motifs is 1. The SMILES string of the molecule is CCCCn1c(=O)c2ccccc2n(Cc2nc(-c3ccccc3OC)no2)c1=O. The molecule has 4 rings (SSSR count). The molecule has 0 spiro atoms. The highest BCUT2D eigenvalue weighted by Crippen LogP contribution is 2.27. The Hall–Kier alpha value is -3.68. The van der Waals surface area contributed by atoms with Gasteiger partial charge in [-0.25, -0.2) is 4.79 Å². The molecule has 0 N–H and O–H groups in total. The second-order valence-corrected chi connectivity index (χ2v) is 6.91. The largest absolute Gasteiger partial charge is 0.496 e. The Kier molecular flexibility index (Phi) is 5.47. The maximum absolute atomic E-state index is 13.1. The van der Waals surface area contributed by atoms with Gasteiger partial charge in [0.15, 0.2) is 0 Å². The minimum Gasteiger partial charge on any atom is -0.496 e. The molecule has 2 aromatic carbocycles. The first-order valence-corrected chi connectivity index (χ1v) is 9.82. The molecule has 154 valence electrons. The zero-order chi connectivity index (χ0) is 21.1. The highest BCUT2D eigenvalue weighted by atomic mass is 16.5. The quantitative estimate of drug-likeness (QED) is 0.468. The van der Waals surface area contributed by atoms with Gasteiger partial charge in [0, 0.05) is 6.54 Å². The number of para-hydroxylation sites is 2. The van der Waals surface area contributed by atoms with E-state index in [4.69, 9.17) is 9.26 Å². The fourth-order valence-corrected chi connectivity index (χ4v) is 3.43. The van der Waals surface area contributed by atoms with Crippen LogP contribution in [0.3, 0.4) is 0 Å². The Morgan fingerprint density at radius 3 is 2.60 bits per heavy atom. The normalized spacial score (nSPS) is 11.1. The van der Waals surface area contributed by atoms with Gasteiger partial charge < -0.3 is 9.26 Å². The van der Waals surface area contributed by atoms with Crippen LogP contribution in [0.1, 0.15) is 25.7 Å². The van der Waals surface area contributed by atoms with E-state index in [-0.39, 0.29) is 23.7 Å². The Morgan fingerprint density at radius 1 is 1.03 bits per heavy atom. The summed E-state index contributed by atoms with van der Waals surface area (Å²) in [6.07, 6.45) is 1.62. The van der Waals surface area contributed by atoms with Gasteiger partial charge in [-0.15, -0.1) is 0 Å². The monoisotopic (exact) mass is 406 g/mol. The van der Waals surface area contributed by atoms with E-state index >= 15 is 0 Å². The number of benzene rings is 2. The molecule has 0 aliphatic carbocycles. The third-order valence-electron chi connectivity index (χ3n) is 4.98. The topological polar surface area (TPSA) is 92.2 Å². The number of rotatable bonds is 7. The van der Waals surface area contributed by atoms with Crippen molar-refractivity contribution < 1.29 is 9.26 Å². The first-order valence-electron chi connectivity index (χ1n) is 9.82. The van der Waals surface area contributed by atoms with E-state index in [1.807, 2.05) is 31.2 Å². The van der Waals surface area contributed by atoms with Crippen molar-refractivity contribution >= 4 is 10.9 Å². The summed E-state index contributed by atoms with van der Waals surface area (Å²) >= 11 is 0. The maximum Gasteiger partial charge on any atom is 0.331 e. The lowest BCUT2D eigenvalue weighted by atomic mass is 10.2. The maximum atomic E-state index is 13.1. The molecule has 2 aromatic heterocycles. The lowest BCUT2D eigenvalue weighted by Crippen LogP contribution is -2.40. The summed E-state index contributed by atoms with van der Waals surface area (Å²) in [5.41, 5.74) is 0.571. The van der Waals surface area contributed by atoms with Crippen LogP contribution < -0.4 is 16.0 Å². The van der Waals surface area contributed by atoms with Crippen molar-refractivity contribution in [1.82, 2.24) is 19.3 Å². The van der Waals surface area contributed by atoms with Gasteiger partial charge in [0.05, 0.1) is 23.6 Å². The minimum atomic E-state index is -0.385. The van der Waals surface area contributed by atoms with Crippen LogP contribution in [0.5, 0.6) is 5.75 Å². The van der Waals surface area contributed by atoms with Gasteiger partial charge in [0.1, 0.15) is 12.3 Å². The van der Waals surface area contributed by atoms with E-state index in [1.54, 1.807) is 31.4 Å². The summed E-state index contributed by atoms with van der Waals surface area (Å²) in [6.45, 7) is 2.45. The molecule has 0 unspecified atom stereocenters. The number of unbranched alkanes of at least 4 members (excludes halogenated alkanes) is 1. The van der Waals surface area contributed by atoms with Crippen LogP contribution in [0.4, 0.5) is 0 Å². The summed E-state index contributed by atoms with van der Waals surface area (Å²) in [4.78, 5) is 30.4. The van der Waals surface area contributed by atoms with Gasteiger partial charge in [-0.2, -0.15) is 4.98 Å². The van der Waals surface area contributed by atoms with Crippen LogP contribution in [0.2, 0.25) is 0 Å². The summed E-state index contributed by atoms with van der Waals surface area (Å²) in [5.74, 6) is 1.27. The van der Waals surface area contributed by atoms with E-state index in [2.05, 4.69) is 10.1 Å². The molecule has 30 heavy (non-hydrogen) atoms. The molecule has 0 saturated heterocycles. The summed E-state index contributed by atoms with van der Waals surface area (Å²) in [7, 11) is 1.57. The van der Waals surface area contributed by atoms with Crippen molar-refractivity contribution in [3.05, 3.63) is 75.3 Å². The van der Waals surface area contributed by atoms with Gasteiger partial charge in [0.25, 0.3) is 5.56 Å². The lowest BCUT2D eigenvalue weighted by molar-refractivity contribution is 0.368. The van der Waals surface area contributed by atoms with Gasteiger partial charge in [-0.05, 0) is 30.7 Å². The molecule has 0 aliphatic heterocycles. The van der Waals surface area contributed by atoms with Gasteiger partial charge in [0.2, 0.25) is 11.7 Å². The predicted octanol–water partition coefficient (Wildman–Crippen LogP) is 3.07. The standard InChI is InChI=1S/C22H22N4O4/c1-3-4-13-25-21(27)15-9-5-7-11-17(15)26(22(25)28)14-19-23-20(24-30-19)16-10-6-8-12-18(16)29-2/h5-12H,3-4,13-14H2,1-2H3. The zero-order valence-electron chi connectivity index (χ0n) is 16.9. The van der Waals surface area contributed by atoms with Crippen LogP contribution in [0, 0.1) is 0 Å². The summed E-state index contributed by atoms with van der Waals surface area (Å²) in [5, 5.41) is 4.52. The van der Waals surface area contributed by atoms with Crippen LogP contribution in [-0.2, 0) is 13.1 Å². The highest BCUT2D eigenvalue weighted by molar-refractivity contribution is 5.77. The Morgan fingerprint density at radius 2 is 1.80 bits per heavy atom. The fourth-order valence-electron chi connectivity index (χ4n) is 3.43. The van der Waals surface area contributed by atoms with Gasteiger partial charge in [-0.1, -0.05) is 42.8 Å². The second kappa shape index (κ2) is 8.36. The first-order chi connectivity index (χ1) is 14.6. The van der Waals surface area contributed by atoms with E-state index in [9.17, 15) is 9.59 Å². The molecule has 0 bridgehead atoms. The van der Waals surface area contributed by atoms with Crippen molar-refractivity contribution in [2.75, 3.05) is 7.11 Å². The van der Waals surface area contributed by atoms with E-state index in [0.717, 1.165) is 12.8 Å². The van der Waals surface area contributed by atoms with E-state index in [1.165, 1.54) is 9.13 Å². The Bertz CT molecular complexity index is 1300. The average molecular weight is 406 g/mol. The van der Waals surface area contributed by atoms with Crippen LogP contribution in [-0.4, -0.2) is 26.4 Å². The van der Waals surface area contributed by atoms with Crippen molar-refractivity contribution in [3.63, 3.8) is 0 Å². The fraction of sp³-hybridized carbons (Fsp3) is 0.273. The zero-order valence-corrected chi connectivity index (χ0v) is 16.9. The number of hydrogen-bond acceptors (Lipinski definition) is 6. The molecule has 8 nitrogen and oxygen atoms in total. The third kappa shape index (κ3) is 3.52. The predicted molar refractivity (Wildman–Crippen MR) is 113 cm³/mol. The van der Waals surface area contributed by atoms with Crippen molar-refractivity contribution in [1.29, 1.82) is 0 Å². The molecule has 4 aromatic rings. The molecule has 2 heterocycles. The molecule has 0 atom stereocenters. The molecular weight excluding hydrogens is 384 g/mol. The third-order valence-corrected chi connectivity index (χ3v) is 4.98. The number of hydrogen-bond donors (Lipinski definition) is 0. The van der Waals surface area contributed by atoms with E-state index in [0.29, 0.717) is 34.6 Å². The van der Waals surface area contributed by atoms with E-state index < -0.39 is 0 Å². The van der Waals surface area contributed by atoms with Crippen LogP contribution in [0.25, 0.3) is 22.3 Å². The Labute approximate surface area is 172 Å². The first kappa shape index (κ1) is 19.6. The molecule has 8 heteroatoms. The summed E-state index contributed by atoms with van der Waals surface area (Å²) in [6, 6.07) is 14.4. The smallest absolute Gasteiger partial charge is 0.331 e. The molecule has 0 fully saturated rings. The lowest BCUT2D eigenvalue weighted by Gasteiger charge is -2.12. The number of aromatic nitrogens is 4. The molecule has 0 aliphatic rings. The average Bonchev–Trinajstić information content (AvgIpc) is 3.25. The minimum absolute atomic E-state index is 0.0634. The van der Waals surface area contributed by atoms with Crippen LogP contribution >= 0.6 is 0 Å². The van der Waals surface area contributed by atoms with Crippen molar-refractivity contribution in [2.24, 2.45) is 0 Å². The summed E-state index contributed by atoms with van der Waals surface area (Å²) < 4.78 is 13.6. The molecule has 0 radical (unpaired) electrons. The van der Waals surface area contributed by atoms with Crippen molar-refractivity contribution in [2.45, 2.75) is 32.9 Å². The van der Waals surface area contributed by atoms with Crippen molar-refractivity contribution in [3.8, 4) is 17.1 Å². The molecular formula is C22H22N4O4. The van der Waals surface area contributed by atoms with Crippen LogP contribution in [0.15, 0.2) is 62.6 Å². The second-order valence-electron chi connectivity index (χ2n) is 6.91. The molecule has 0 amide bonds. The highest BCUT2D eigenvalue weighted by Gasteiger charge is 2.17. The molecule has 0 saturated carbocycles. The van der Waals surface area contributed by atoms with Gasteiger partial charge in [-0.3, -0.25) is 13.9 Å². The Balaban J connectivity index is 1.79. The number of methoxy groups -OCH3 is 1. The van der Waals surface area contributed by atoms with Gasteiger partial charge >= 0.3 is 5.69 Å². The number of ether oxygens (including phenoxy) is 1. The number of nitrogens with zero attached hydrogens (tertiary/aromatic N) is 4.